The van der Waals surface area contributed by atoms with E-state index in [0.29, 0.717) is 38.6 Å². The molecule has 1 atom stereocenters. The second kappa shape index (κ2) is 12.4. The van der Waals surface area contributed by atoms with Gasteiger partial charge in [0.25, 0.3) is 0 Å². The van der Waals surface area contributed by atoms with Gasteiger partial charge in [0.1, 0.15) is 5.78 Å². The monoisotopic (exact) mass is 412 g/mol. The third kappa shape index (κ3) is 7.49. The van der Waals surface area contributed by atoms with E-state index < -0.39 is 0 Å². The Kier molecular flexibility index (Phi) is 11.4. The van der Waals surface area contributed by atoms with E-state index in [1.807, 2.05) is 13.3 Å². The second-order valence-corrected chi connectivity index (χ2v) is 6.77. The van der Waals surface area contributed by atoms with Crippen molar-refractivity contribution >= 4 is 11.8 Å². The number of nitrogens with one attached hydrogen (secondary N) is 1. The fraction of sp³-hybridized carbons (Fsp3) is 0.833. The number of carbonyl (C=O) groups is 2. The number of ketones is 1. The molecule has 24 heavy (non-hydrogen) atoms. The van der Waals surface area contributed by atoms with Gasteiger partial charge in [0.15, 0.2) is 0 Å². The van der Waals surface area contributed by atoms with E-state index in [4.69, 9.17) is 4.74 Å². The number of ether oxygens (including phenoxy) is 1. The maximum atomic E-state index is 12.4. The molecule has 0 aromatic carbocycles. The van der Waals surface area contributed by atoms with Gasteiger partial charge in [0.05, 0.1) is 19.3 Å². The molecule has 1 radical (unpaired) electrons. The van der Waals surface area contributed by atoms with E-state index in [1.54, 1.807) is 4.90 Å². The minimum Gasteiger partial charge on any atom is -0.378 e. The number of hydrogen-bond donors (Lipinski definition) is 1. The third-order valence-corrected chi connectivity index (χ3v) is 4.93. The first kappa shape index (κ1) is 22.0. The summed E-state index contributed by atoms with van der Waals surface area (Å²) in [5.41, 5.74) is 0. The van der Waals surface area contributed by atoms with Crippen LogP contribution < -0.4 is 5.32 Å². The van der Waals surface area contributed by atoms with Gasteiger partial charge in [0.2, 0.25) is 0 Å². The number of carbonyl (C=O) groups excluding carboxylic acids is 2. The number of rotatable bonds is 6. The first-order valence-electron chi connectivity index (χ1n) is 9.14. The molecule has 1 saturated carbocycles. The van der Waals surface area contributed by atoms with Crippen LogP contribution in [0.3, 0.4) is 0 Å². The van der Waals surface area contributed by atoms with Crippen molar-refractivity contribution in [1.82, 2.24) is 10.2 Å². The molecule has 5 nitrogen and oxygen atoms in total. The molecule has 2 fully saturated rings. The van der Waals surface area contributed by atoms with E-state index in [-0.39, 0.29) is 50.6 Å². The summed E-state index contributed by atoms with van der Waals surface area (Å²) < 4.78 is 5.28. The number of nitrogens with zero attached hydrogens (tertiary/aromatic N) is 1. The molecule has 0 aromatic heterocycles. The van der Waals surface area contributed by atoms with E-state index in [1.165, 1.54) is 38.5 Å². The zero-order valence-electron chi connectivity index (χ0n) is 15.0. The summed E-state index contributed by atoms with van der Waals surface area (Å²) in [6, 6.07) is -0.457. The Balaban J connectivity index is 0.00000288. The van der Waals surface area contributed by atoms with Crippen LogP contribution in [0, 0.1) is 12.3 Å². The Bertz CT molecular complexity index is 378. The van der Waals surface area contributed by atoms with E-state index in [2.05, 4.69) is 5.32 Å². The van der Waals surface area contributed by atoms with Gasteiger partial charge in [-0.2, -0.15) is 6.92 Å². The van der Waals surface area contributed by atoms with Gasteiger partial charge in [-0.25, -0.2) is 4.79 Å². The molecule has 1 N–H and O–H groups in total. The van der Waals surface area contributed by atoms with Crippen LogP contribution in [0.15, 0.2) is 0 Å². The van der Waals surface area contributed by atoms with Crippen LogP contribution in [0.25, 0.3) is 0 Å². The summed E-state index contributed by atoms with van der Waals surface area (Å²) in [6.07, 6.45) is 10.6. The number of Topliss-reactive ketones (excluding diaryl/α,β-unsaturated/α-hetero) is 1. The molecule has 0 aromatic rings. The summed E-state index contributed by atoms with van der Waals surface area (Å²) in [4.78, 5) is 26.6. The Morgan fingerprint density at radius 2 is 1.79 bits per heavy atom. The second-order valence-electron chi connectivity index (χ2n) is 6.77. The van der Waals surface area contributed by atoms with Crippen molar-refractivity contribution in [2.75, 3.05) is 26.3 Å². The van der Waals surface area contributed by atoms with Crippen LogP contribution in [0.4, 0.5) is 4.79 Å². The van der Waals surface area contributed by atoms with Crippen LogP contribution in [0.2, 0.25) is 0 Å². The van der Waals surface area contributed by atoms with Crippen LogP contribution in [0.1, 0.15) is 58.3 Å². The van der Waals surface area contributed by atoms with E-state index in [0.717, 1.165) is 6.42 Å². The number of hydrogen-bond acceptors (Lipinski definition) is 3. The molecule has 1 aliphatic heterocycles. The van der Waals surface area contributed by atoms with Crippen molar-refractivity contribution < 1.29 is 47.0 Å². The summed E-state index contributed by atoms with van der Waals surface area (Å²) in [7, 11) is 0. The standard InChI is InChI=1S/C18H31N2O3.Y/c1-2-7-17(21)16(14-15-8-5-3-4-6-9-15)19-18(22)20-10-12-23-13-11-20;/h2,15-16H,3-14H2,1H3,(H,19,22);/q-1;/t16-;/m0./s1. The molecular formula is C18H31N2O3Y-. The molecule has 6 heteroatoms. The van der Waals surface area contributed by atoms with Gasteiger partial charge in [-0.1, -0.05) is 38.5 Å². The summed E-state index contributed by atoms with van der Waals surface area (Å²) in [5, 5.41) is 3.00. The van der Waals surface area contributed by atoms with Crippen LogP contribution in [0.5, 0.6) is 0 Å². The quantitative estimate of drug-likeness (QED) is 0.539. The summed E-state index contributed by atoms with van der Waals surface area (Å²) in [6.45, 7) is 4.27. The number of urea groups is 1. The first-order valence-corrected chi connectivity index (χ1v) is 9.14. The minimum absolute atomic E-state index is 0. The molecule has 0 bridgehead atoms. The molecule has 0 unspecified atom stereocenters. The van der Waals surface area contributed by atoms with E-state index in [9.17, 15) is 9.59 Å². The fourth-order valence-corrected chi connectivity index (χ4v) is 3.55. The Morgan fingerprint density at radius 3 is 2.38 bits per heavy atom. The summed E-state index contributed by atoms with van der Waals surface area (Å²) >= 11 is 0. The van der Waals surface area contributed by atoms with Gasteiger partial charge in [0, 0.05) is 45.8 Å². The normalized spacial score (nSPS) is 20.6. The van der Waals surface area contributed by atoms with Crippen LogP contribution in [-0.4, -0.2) is 49.1 Å². The SMILES string of the molecule is C[CH-]CC(=O)[C@H](CC1CCCCCC1)NC(=O)N1CCOCC1.[Y]. The average Bonchev–Trinajstić information content (AvgIpc) is 2.84. The van der Waals surface area contributed by atoms with Crippen molar-refractivity contribution in [1.29, 1.82) is 0 Å². The van der Waals surface area contributed by atoms with Gasteiger partial charge >= 0.3 is 6.03 Å². The first-order chi connectivity index (χ1) is 11.2. The van der Waals surface area contributed by atoms with E-state index >= 15 is 0 Å². The maximum Gasteiger partial charge on any atom is 0.318 e. The van der Waals surface area contributed by atoms with Crippen molar-refractivity contribution in [2.45, 2.75) is 64.3 Å². The predicted octanol–water partition coefficient (Wildman–Crippen LogP) is 2.94. The summed E-state index contributed by atoms with van der Waals surface area (Å²) in [5.74, 6) is 0.701. The minimum atomic E-state index is -0.343. The van der Waals surface area contributed by atoms with Gasteiger partial charge < -0.3 is 26.2 Å². The maximum absolute atomic E-state index is 12.4. The fourth-order valence-electron chi connectivity index (χ4n) is 3.55. The van der Waals surface area contributed by atoms with Gasteiger partial charge in [-0.3, -0.25) is 0 Å². The Morgan fingerprint density at radius 1 is 1.17 bits per heavy atom. The topological polar surface area (TPSA) is 58.6 Å². The largest absolute Gasteiger partial charge is 0.378 e. The van der Waals surface area contributed by atoms with Crippen molar-refractivity contribution in [3.63, 3.8) is 0 Å². The zero-order chi connectivity index (χ0) is 16.5. The molecule has 1 saturated heterocycles. The smallest absolute Gasteiger partial charge is 0.318 e. The molecular weight excluding hydrogens is 381 g/mol. The Hall–Kier alpha value is 0.00390. The van der Waals surface area contributed by atoms with Gasteiger partial charge in [-0.15, -0.1) is 6.42 Å². The molecule has 0 spiro atoms. The molecule has 2 amide bonds. The van der Waals surface area contributed by atoms with Crippen LogP contribution >= 0.6 is 0 Å². The number of morpholine rings is 1. The predicted molar refractivity (Wildman–Crippen MR) is 90.1 cm³/mol. The van der Waals surface area contributed by atoms with Gasteiger partial charge in [-0.05, 0) is 12.3 Å². The molecule has 2 rings (SSSR count). The van der Waals surface area contributed by atoms with Crippen LogP contribution in [-0.2, 0) is 42.2 Å². The molecule has 2 aliphatic rings. The molecule has 135 valence electrons. The molecule has 1 heterocycles. The van der Waals surface area contributed by atoms with Crippen molar-refractivity contribution in [3.8, 4) is 0 Å². The number of amides is 2. The zero-order valence-corrected chi connectivity index (χ0v) is 17.8. The Labute approximate surface area is 171 Å². The average molecular weight is 412 g/mol. The van der Waals surface area contributed by atoms with Crippen molar-refractivity contribution in [3.05, 3.63) is 6.42 Å². The van der Waals surface area contributed by atoms with Crippen molar-refractivity contribution in [2.24, 2.45) is 5.92 Å². The third-order valence-electron chi connectivity index (χ3n) is 4.93. The molecule has 1 aliphatic carbocycles.